The summed E-state index contributed by atoms with van der Waals surface area (Å²) in [5.74, 6) is -0.776. The van der Waals surface area contributed by atoms with Crippen molar-refractivity contribution in [1.29, 1.82) is 0 Å². The molecule has 0 aliphatic carbocycles. The Morgan fingerprint density at radius 3 is 2.40 bits per heavy atom. The molecule has 1 saturated heterocycles. The minimum atomic E-state index is -3.54. The van der Waals surface area contributed by atoms with E-state index in [1.54, 1.807) is 24.3 Å². The lowest BCUT2D eigenvalue weighted by Crippen LogP contribution is -2.30. The molecular formula is C14H19NO4S. The zero-order chi connectivity index (χ0) is 14.9. The predicted molar refractivity (Wildman–Crippen MR) is 74.6 cm³/mol. The molecule has 0 unspecified atom stereocenters. The molecule has 1 heterocycles. The van der Waals surface area contributed by atoms with Gasteiger partial charge in [-0.1, -0.05) is 24.6 Å². The van der Waals surface area contributed by atoms with E-state index < -0.39 is 10.0 Å². The van der Waals surface area contributed by atoms with Gasteiger partial charge in [0, 0.05) is 13.1 Å². The summed E-state index contributed by atoms with van der Waals surface area (Å²) >= 11 is 0. The van der Waals surface area contributed by atoms with Crippen molar-refractivity contribution in [2.75, 3.05) is 20.2 Å². The van der Waals surface area contributed by atoms with Gasteiger partial charge in [0.1, 0.15) is 0 Å². The number of sulfonamides is 1. The van der Waals surface area contributed by atoms with E-state index in [0.717, 1.165) is 5.56 Å². The Hall–Kier alpha value is -1.40. The van der Waals surface area contributed by atoms with Gasteiger partial charge in [-0.2, -0.15) is 4.31 Å². The van der Waals surface area contributed by atoms with E-state index in [-0.39, 0.29) is 29.2 Å². The highest BCUT2D eigenvalue weighted by atomic mass is 32.2. The molecule has 0 radical (unpaired) electrons. The summed E-state index contributed by atoms with van der Waals surface area (Å²) in [4.78, 5) is 11.9. The van der Waals surface area contributed by atoms with Gasteiger partial charge < -0.3 is 4.74 Å². The van der Waals surface area contributed by atoms with E-state index >= 15 is 0 Å². The number of aryl methyl sites for hydroxylation is 1. The van der Waals surface area contributed by atoms with Crippen molar-refractivity contribution in [1.82, 2.24) is 4.31 Å². The Morgan fingerprint density at radius 1 is 1.25 bits per heavy atom. The zero-order valence-electron chi connectivity index (χ0n) is 11.9. The molecule has 20 heavy (non-hydrogen) atoms. The van der Waals surface area contributed by atoms with Crippen molar-refractivity contribution in [3.8, 4) is 0 Å². The van der Waals surface area contributed by atoms with Crippen LogP contribution in [-0.2, 0) is 19.6 Å². The van der Waals surface area contributed by atoms with Crippen LogP contribution in [0.25, 0.3) is 0 Å². The topological polar surface area (TPSA) is 63.7 Å². The van der Waals surface area contributed by atoms with E-state index in [0.29, 0.717) is 6.54 Å². The number of hydrogen-bond acceptors (Lipinski definition) is 4. The van der Waals surface area contributed by atoms with E-state index in [2.05, 4.69) is 0 Å². The first-order chi connectivity index (χ1) is 9.36. The number of benzene rings is 1. The highest BCUT2D eigenvalue weighted by Gasteiger charge is 2.41. The van der Waals surface area contributed by atoms with Gasteiger partial charge in [0.15, 0.2) is 0 Å². The first kappa shape index (κ1) is 15.0. The van der Waals surface area contributed by atoms with Gasteiger partial charge >= 0.3 is 5.97 Å². The van der Waals surface area contributed by atoms with Crippen LogP contribution in [0.1, 0.15) is 12.5 Å². The molecule has 1 aromatic carbocycles. The van der Waals surface area contributed by atoms with E-state index in [9.17, 15) is 13.2 Å². The molecule has 5 nitrogen and oxygen atoms in total. The van der Waals surface area contributed by atoms with E-state index in [1.165, 1.54) is 11.4 Å². The maximum absolute atomic E-state index is 12.5. The highest BCUT2D eigenvalue weighted by Crippen LogP contribution is 2.29. The minimum Gasteiger partial charge on any atom is -0.469 e. The number of esters is 1. The van der Waals surface area contributed by atoms with Crippen LogP contribution in [0.5, 0.6) is 0 Å². The van der Waals surface area contributed by atoms with E-state index in [1.807, 2.05) is 13.8 Å². The molecule has 0 N–H and O–H groups in total. The van der Waals surface area contributed by atoms with E-state index in [4.69, 9.17) is 4.74 Å². The van der Waals surface area contributed by atoms with Crippen molar-refractivity contribution >= 4 is 16.0 Å². The van der Waals surface area contributed by atoms with Crippen molar-refractivity contribution < 1.29 is 17.9 Å². The smallest absolute Gasteiger partial charge is 0.310 e. The minimum absolute atomic E-state index is 0.0392. The SMILES string of the molecule is COC(=O)[C@@H]1CN(S(=O)(=O)c2ccc(C)cc2)C[C@@H]1C. The number of methoxy groups -OCH3 is 1. The molecule has 1 aliphatic rings. The van der Waals surface area contributed by atoms with Crippen LogP contribution in [0.2, 0.25) is 0 Å². The summed E-state index contributed by atoms with van der Waals surface area (Å²) in [7, 11) is -2.21. The number of carbonyl (C=O) groups excluding carboxylic acids is 1. The van der Waals surface area contributed by atoms with Crippen LogP contribution in [0.15, 0.2) is 29.2 Å². The fourth-order valence-electron chi connectivity index (χ4n) is 2.44. The molecule has 0 aromatic heterocycles. The maximum atomic E-state index is 12.5. The third-order valence-electron chi connectivity index (χ3n) is 3.74. The fourth-order valence-corrected chi connectivity index (χ4v) is 4.00. The third kappa shape index (κ3) is 2.71. The second-order valence-corrected chi connectivity index (χ2v) is 7.18. The summed E-state index contributed by atoms with van der Waals surface area (Å²) in [5.41, 5.74) is 1.01. The summed E-state index contributed by atoms with van der Waals surface area (Å²) in [6.45, 7) is 4.30. The largest absolute Gasteiger partial charge is 0.469 e. The van der Waals surface area contributed by atoms with Crippen LogP contribution >= 0.6 is 0 Å². The summed E-state index contributed by atoms with van der Waals surface area (Å²) in [5, 5.41) is 0. The lowest BCUT2D eigenvalue weighted by atomic mass is 9.99. The Morgan fingerprint density at radius 2 is 1.85 bits per heavy atom. The van der Waals surface area contributed by atoms with Crippen LogP contribution in [0.3, 0.4) is 0 Å². The lowest BCUT2D eigenvalue weighted by molar-refractivity contribution is -0.145. The van der Waals surface area contributed by atoms with Crippen LogP contribution in [0.4, 0.5) is 0 Å². The average molecular weight is 297 g/mol. The molecule has 0 amide bonds. The lowest BCUT2D eigenvalue weighted by Gasteiger charge is -2.16. The van der Waals surface area contributed by atoms with Gasteiger partial charge in [-0.05, 0) is 25.0 Å². The summed E-state index contributed by atoms with van der Waals surface area (Å²) < 4.78 is 31.1. The average Bonchev–Trinajstić information content (AvgIpc) is 2.81. The highest BCUT2D eigenvalue weighted by molar-refractivity contribution is 7.89. The third-order valence-corrected chi connectivity index (χ3v) is 5.59. The standard InChI is InChI=1S/C14H19NO4S/c1-10-4-6-12(7-5-10)20(17,18)15-8-11(2)13(9-15)14(16)19-3/h4-7,11,13H,8-9H2,1-3H3/t11-,13+/m0/s1. The molecule has 6 heteroatoms. The Balaban J connectivity index is 2.24. The van der Waals surface area contributed by atoms with Gasteiger partial charge in [-0.15, -0.1) is 0 Å². The Bertz CT molecular complexity index is 594. The van der Waals surface area contributed by atoms with Crippen molar-refractivity contribution in [2.24, 2.45) is 11.8 Å². The second kappa shape index (κ2) is 5.54. The maximum Gasteiger partial charge on any atom is 0.310 e. The molecule has 0 bridgehead atoms. The molecule has 2 atom stereocenters. The first-order valence-corrected chi connectivity index (χ1v) is 7.95. The van der Waals surface area contributed by atoms with Crippen molar-refractivity contribution in [3.05, 3.63) is 29.8 Å². The quantitative estimate of drug-likeness (QED) is 0.792. The monoisotopic (exact) mass is 297 g/mol. The Kier molecular flexibility index (Phi) is 4.15. The molecule has 1 fully saturated rings. The number of nitrogens with zero attached hydrogens (tertiary/aromatic N) is 1. The number of hydrogen-bond donors (Lipinski definition) is 0. The van der Waals surface area contributed by atoms with Crippen molar-refractivity contribution in [2.45, 2.75) is 18.7 Å². The predicted octanol–water partition coefficient (Wildman–Crippen LogP) is 1.42. The summed E-state index contributed by atoms with van der Waals surface area (Å²) in [6, 6.07) is 6.73. The number of rotatable bonds is 3. The molecule has 1 aromatic rings. The molecule has 0 spiro atoms. The van der Waals surface area contributed by atoms with Crippen molar-refractivity contribution in [3.63, 3.8) is 0 Å². The normalized spacial score (nSPS) is 23.8. The van der Waals surface area contributed by atoms with Crippen LogP contribution < -0.4 is 0 Å². The molecule has 2 rings (SSSR count). The van der Waals surface area contributed by atoms with Gasteiger partial charge in [0.25, 0.3) is 0 Å². The van der Waals surface area contributed by atoms with Gasteiger partial charge in [0.05, 0.1) is 17.9 Å². The second-order valence-electron chi connectivity index (χ2n) is 5.24. The van der Waals surface area contributed by atoms with Crippen LogP contribution in [-0.4, -0.2) is 38.9 Å². The van der Waals surface area contributed by atoms with Crippen LogP contribution in [0, 0.1) is 18.8 Å². The molecule has 1 aliphatic heterocycles. The Labute approximate surface area is 119 Å². The number of ether oxygens (including phenoxy) is 1. The fraction of sp³-hybridized carbons (Fsp3) is 0.500. The van der Waals surface area contributed by atoms with Gasteiger partial charge in [-0.25, -0.2) is 8.42 Å². The zero-order valence-corrected chi connectivity index (χ0v) is 12.7. The van der Waals surface area contributed by atoms with Gasteiger partial charge in [-0.3, -0.25) is 4.79 Å². The first-order valence-electron chi connectivity index (χ1n) is 6.51. The molecule has 0 saturated carbocycles. The molecule has 110 valence electrons. The van der Waals surface area contributed by atoms with Gasteiger partial charge in [0.2, 0.25) is 10.0 Å². The number of carbonyl (C=O) groups is 1. The summed E-state index contributed by atoms with van der Waals surface area (Å²) in [6.07, 6.45) is 0. The molecular weight excluding hydrogens is 278 g/mol.